The quantitative estimate of drug-likeness (QED) is 0.905. The second-order valence-corrected chi connectivity index (χ2v) is 8.49. The molecule has 0 bridgehead atoms. The molecular weight excluding hydrogens is 260 g/mol. The predicted octanol–water partition coefficient (Wildman–Crippen LogP) is 2.29. The Morgan fingerprint density at radius 3 is 2.47 bits per heavy atom. The summed E-state index contributed by atoms with van der Waals surface area (Å²) in [5.41, 5.74) is 1.87. The molecule has 1 heterocycles. The van der Waals surface area contributed by atoms with Gasteiger partial charge in [0, 0.05) is 12.6 Å². The fraction of sp³-hybridized carbons (Fsp3) is 0.571. The molecule has 19 heavy (non-hydrogen) atoms. The lowest BCUT2D eigenvalue weighted by Crippen LogP contribution is -2.46. The van der Waals surface area contributed by atoms with Gasteiger partial charge in [0.2, 0.25) is 10.0 Å². The highest BCUT2D eigenvalue weighted by Crippen LogP contribution is 2.37. The van der Waals surface area contributed by atoms with Gasteiger partial charge in [0.1, 0.15) is 0 Å². The molecule has 0 radical (unpaired) electrons. The monoisotopic (exact) mass is 282 g/mol. The van der Waals surface area contributed by atoms with Crippen LogP contribution in [0, 0.1) is 0 Å². The average Bonchev–Trinajstić information content (AvgIpc) is 2.36. The summed E-state index contributed by atoms with van der Waals surface area (Å²) in [6, 6.07) is 7.96. The lowest BCUT2D eigenvalue weighted by Gasteiger charge is -2.38. The molecule has 0 amide bonds. The van der Waals surface area contributed by atoms with Crippen LogP contribution in [-0.4, -0.2) is 26.8 Å². The van der Waals surface area contributed by atoms with Crippen molar-refractivity contribution >= 4 is 15.7 Å². The summed E-state index contributed by atoms with van der Waals surface area (Å²) < 4.78 is 26.1. The number of hydrogen-bond donors (Lipinski definition) is 1. The molecule has 1 atom stereocenters. The Bertz CT molecular complexity index is 561. The molecule has 0 aromatic heterocycles. The van der Waals surface area contributed by atoms with Crippen molar-refractivity contribution < 1.29 is 8.42 Å². The maximum Gasteiger partial charge on any atom is 0.240 e. The van der Waals surface area contributed by atoms with Gasteiger partial charge in [-0.3, -0.25) is 4.31 Å². The zero-order valence-electron chi connectivity index (χ0n) is 12.0. The molecular formula is C14H22N2O2S. The van der Waals surface area contributed by atoms with Crippen molar-refractivity contribution in [2.75, 3.05) is 17.9 Å². The third-order valence-corrected chi connectivity index (χ3v) is 6.12. The number of rotatable bonds is 2. The zero-order chi connectivity index (χ0) is 14.3. The number of sulfonamides is 1. The third kappa shape index (κ3) is 2.37. The number of hydrogen-bond acceptors (Lipinski definition) is 3. The largest absolute Gasteiger partial charge is 0.313 e. The number of anilines is 1. The van der Waals surface area contributed by atoms with Gasteiger partial charge in [-0.25, -0.2) is 8.42 Å². The third-order valence-electron chi connectivity index (χ3n) is 3.61. The van der Waals surface area contributed by atoms with Gasteiger partial charge in [-0.1, -0.05) is 18.2 Å². The molecule has 1 aliphatic rings. The van der Waals surface area contributed by atoms with Crippen LogP contribution in [0.25, 0.3) is 0 Å². The molecule has 1 unspecified atom stereocenters. The summed E-state index contributed by atoms with van der Waals surface area (Å²) in [6.45, 7) is 5.77. The molecule has 1 N–H and O–H groups in total. The maximum atomic E-state index is 12.7. The van der Waals surface area contributed by atoms with E-state index < -0.39 is 14.8 Å². The molecule has 1 aromatic carbocycles. The number of fused-ring (bicyclic) bond motifs is 1. The normalized spacial score (nSPS) is 20.2. The topological polar surface area (TPSA) is 49.4 Å². The summed E-state index contributed by atoms with van der Waals surface area (Å²) >= 11 is 0. The summed E-state index contributed by atoms with van der Waals surface area (Å²) in [5.74, 6) is 0. The first-order chi connectivity index (χ1) is 8.79. The Balaban J connectivity index is 2.52. The molecule has 0 saturated heterocycles. The van der Waals surface area contributed by atoms with E-state index in [4.69, 9.17) is 0 Å². The number of nitrogens with zero attached hydrogens (tertiary/aromatic N) is 1. The van der Waals surface area contributed by atoms with Crippen molar-refractivity contribution in [2.45, 2.75) is 38.0 Å². The van der Waals surface area contributed by atoms with Crippen molar-refractivity contribution in [3.8, 4) is 0 Å². The van der Waals surface area contributed by atoms with Gasteiger partial charge in [-0.05, 0) is 45.9 Å². The lowest BCUT2D eigenvalue weighted by atomic mass is 9.98. The zero-order valence-corrected chi connectivity index (χ0v) is 12.8. The Hall–Kier alpha value is -1.07. The molecule has 0 spiro atoms. The standard InChI is InChI=1S/C14H22N2O2S/c1-14(2,3)19(17,18)16-10-9-12(15-4)11-7-5-6-8-13(11)16/h5-8,12,15H,9-10H2,1-4H3. The first kappa shape index (κ1) is 14.3. The molecule has 5 heteroatoms. The van der Waals surface area contributed by atoms with Crippen LogP contribution in [0.15, 0.2) is 24.3 Å². The summed E-state index contributed by atoms with van der Waals surface area (Å²) in [5, 5.41) is 3.25. The first-order valence-corrected chi connectivity index (χ1v) is 8.01. The van der Waals surface area contributed by atoms with Crippen LogP contribution in [0.3, 0.4) is 0 Å². The minimum Gasteiger partial charge on any atom is -0.313 e. The summed E-state index contributed by atoms with van der Waals surface area (Å²) in [4.78, 5) is 0. The summed E-state index contributed by atoms with van der Waals surface area (Å²) in [6.07, 6.45) is 0.794. The van der Waals surface area contributed by atoms with Gasteiger partial charge in [-0.2, -0.15) is 0 Å². The van der Waals surface area contributed by atoms with Gasteiger partial charge in [0.25, 0.3) is 0 Å². The number of benzene rings is 1. The Kier molecular flexibility index (Phi) is 3.62. The smallest absolute Gasteiger partial charge is 0.240 e. The molecule has 1 aliphatic heterocycles. The fourth-order valence-electron chi connectivity index (χ4n) is 2.41. The molecule has 106 valence electrons. The van der Waals surface area contributed by atoms with Crippen LogP contribution >= 0.6 is 0 Å². The van der Waals surface area contributed by atoms with Crippen molar-refractivity contribution in [1.82, 2.24) is 5.32 Å². The first-order valence-electron chi connectivity index (χ1n) is 6.57. The maximum absolute atomic E-state index is 12.7. The predicted molar refractivity (Wildman–Crippen MR) is 78.9 cm³/mol. The van der Waals surface area contributed by atoms with Crippen molar-refractivity contribution in [1.29, 1.82) is 0 Å². The Morgan fingerprint density at radius 2 is 1.89 bits per heavy atom. The van der Waals surface area contributed by atoms with E-state index >= 15 is 0 Å². The van der Waals surface area contributed by atoms with Crippen LogP contribution in [-0.2, 0) is 10.0 Å². The van der Waals surface area contributed by atoms with E-state index in [9.17, 15) is 8.42 Å². The highest BCUT2D eigenvalue weighted by atomic mass is 32.2. The minimum absolute atomic E-state index is 0.225. The van der Waals surface area contributed by atoms with Crippen molar-refractivity contribution in [3.63, 3.8) is 0 Å². The Morgan fingerprint density at radius 1 is 1.26 bits per heavy atom. The minimum atomic E-state index is -3.34. The SMILES string of the molecule is CNC1CCN(S(=O)(=O)C(C)(C)C)c2ccccc21. The molecule has 1 aromatic rings. The van der Waals surface area contributed by atoms with Crippen molar-refractivity contribution in [2.24, 2.45) is 0 Å². The number of para-hydroxylation sites is 1. The second-order valence-electron chi connectivity index (χ2n) is 5.88. The molecule has 4 nitrogen and oxygen atoms in total. The molecule has 2 rings (SSSR count). The molecule has 0 aliphatic carbocycles. The van der Waals surface area contributed by atoms with Crippen LogP contribution in [0.4, 0.5) is 5.69 Å². The van der Waals surface area contributed by atoms with Crippen LogP contribution in [0.2, 0.25) is 0 Å². The van der Waals surface area contributed by atoms with Gasteiger partial charge in [-0.15, -0.1) is 0 Å². The summed E-state index contributed by atoms with van der Waals surface area (Å²) in [7, 11) is -1.43. The van der Waals surface area contributed by atoms with E-state index in [1.807, 2.05) is 31.3 Å². The van der Waals surface area contributed by atoms with Gasteiger partial charge < -0.3 is 5.32 Å². The van der Waals surface area contributed by atoms with E-state index in [2.05, 4.69) is 5.32 Å². The van der Waals surface area contributed by atoms with Crippen LogP contribution < -0.4 is 9.62 Å². The average molecular weight is 282 g/mol. The molecule has 0 saturated carbocycles. The molecule has 0 fully saturated rings. The van der Waals surface area contributed by atoms with E-state index in [1.165, 1.54) is 0 Å². The second kappa shape index (κ2) is 4.80. The van der Waals surface area contributed by atoms with Crippen LogP contribution in [0.1, 0.15) is 38.8 Å². The lowest BCUT2D eigenvalue weighted by molar-refractivity contribution is 0.517. The van der Waals surface area contributed by atoms with E-state index in [0.717, 1.165) is 17.7 Å². The van der Waals surface area contributed by atoms with Gasteiger partial charge in [0.15, 0.2) is 0 Å². The van der Waals surface area contributed by atoms with Crippen molar-refractivity contribution in [3.05, 3.63) is 29.8 Å². The Labute approximate surface area is 115 Å². The van der Waals surface area contributed by atoms with Gasteiger partial charge in [0.05, 0.1) is 10.4 Å². The van der Waals surface area contributed by atoms with Gasteiger partial charge >= 0.3 is 0 Å². The highest BCUT2D eigenvalue weighted by molar-refractivity contribution is 7.94. The highest BCUT2D eigenvalue weighted by Gasteiger charge is 2.38. The van der Waals surface area contributed by atoms with E-state index in [1.54, 1.807) is 25.1 Å². The number of nitrogens with one attached hydrogen (secondary N) is 1. The van der Waals surface area contributed by atoms with Crippen LogP contribution in [0.5, 0.6) is 0 Å². The fourth-order valence-corrected chi connectivity index (χ4v) is 3.84. The van der Waals surface area contributed by atoms with E-state index in [0.29, 0.717) is 6.54 Å². The van der Waals surface area contributed by atoms with E-state index in [-0.39, 0.29) is 6.04 Å².